The Kier molecular flexibility index (Phi) is 55.1. The van der Waals surface area contributed by atoms with Gasteiger partial charge in [0.15, 0.2) is 0 Å². The normalized spacial score (nSPS) is 25.3. The maximum atomic E-state index is 8.49. The molecule has 8 bridgehead atoms. The van der Waals surface area contributed by atoms with Crippen LogP contribution in [0.5, 0.6) is 0 Å². The van der Waals surface area contributed by atoms with Crippen molar-refractivity contribution in [2.45, 2.75) is 0 Å². The fourth-order valence-corrected chi connectivity index (χ4v) is 7.24. The second kappa shape index (κ2) is 45.1. The Balaban J connectivity index is -0.000000111. The van der Waals surface area contributed by atoms with E-state index in [1.165, 1.54) is 157 Å². The minimum atomic E-state index is -4.94. The standard InChI is InChI=1S/4C6H12N2.8ClHO4.4H2O/c4*1-2-8-5-3-7(1)4-6-8;8*2-1(3,4)5;;;;/h4*1-6H2;8*(H,2,3,4,5);4*1H2. The molecular formula is C24H64Cl8N8O36. The van der Waals surface area contributed by atoms with E-state index in [1.54, 1.807) is 0 Å². The molecule has 12 rings (SSSR count). The molecular weight excluding hydrogens is 1260 g/mol. The van der Waals surface area contributed by atoms with Crippen LogP contribution in [0.3, 0.4) is 0 Å². The van der Waals surface area contributed by atoms with Gasteiger partial charge in [0.1, 0.15) is 157 Å². The summed E-state index contributed by atoms with van der Waals surface area (Å²) in [6.45, 7) is 34.6. The van der Waals surface area contributed by atoms with Gasteiger partial charge >= 0.3 is 0 Å². The molecule has 472 valence electrons. The summed E-state index contributed by atoms with van der Waals surface area (Å²) in [6, 6.07) is 0. The second-order valence-corrected chi connectivity index (χ2v) is 21.1. The highest BCUT2D eigenvalue weighted by atomic mass is 35.7. The molecule has 0 aromatic heterocycles. The van der Waals surface area contributed by atoms with Gasteiger partial charge in [-0.25, -0.2) is 149 Å². The van der Waals surface area contributed by atoms with Gasteiger partial charge in [-0.15, -0.1) is 81.9 Å². The van der Waals surface area contributed by atoms with Gasteiger partial charge in [0.05, 0.1) is 0 Å². The SMILES string of the molecule is C1C[NH+]2CC[NH+]1CC2.C1C[NH+]2CC[NH+]1CC2.C1C[NH+]2CC[NH+]1CC2.C1C[NH+]2CC[NH+]1CC2.O.O.O.O.[O-][Cl+3]([O-])([O-])[O-].[O-][Cl+3]([O-])([O-])[O-].[O-][Cl+3]([O-])([O-])[O-].[O-][Cl+3]([O-])([O-])[O-].[O-][Cl+3]([O-])([O-])[O-].[O-][Cl+3]([O-])([O-])[O-].[O-][Cl+3]([O-])([O-])[O-].[O-][Cl+3]([O-])([O-])[O-]. The molecule has 12 aliphatic heterocycles. The van der Waals surface area contributed by atoms with Crippen molar-refractivity contribution in [2.75, 3.05) is 157 Å². The lowest BCUT2D eigenvalue weighted by Gasteiger charge is -2.35. The first kappa shape index (κ1) is 93.0. The largest absolute Gasteiger partial charge is 0.412 e. The van der Waals surface area contributed by atoms with Gasteiger partial charge in [0.25, 0.3) is 0 Å². The van der Waals surface area contributed by atoms with Crippen molar-refractivity contribution in [3.8, 4) is 0 Å². The van der Waals surface area contributed by atoms with Crippen LogP contribution in [-0.4, -0.2) is 179 Å². The maximum absolute atomic E-state index is 8.49. The highest BCUT2D eigenvalue weighted by Gasteiger charge is 2.31. The van der Waals surface area contributed by atoms with Gasteiger partial charge in [-0.2, -0.15) is 0 Å². The van der Waals surface area contributed by atoms with Crippen molar-refractivity contribution >= 4 is 0 Å². The Hall–Kier alpha value is 0.560. The first-order valence-electron chi connectivity index (χ1n) is 19.4. The third kappa shape index (κ3) is 110. The van der Waals surface area contributed by atoms with Gasteiger partial charge in [-0.3, -0.25) is 0 Å². The Morgan fingerprint density at radius 3 is 0.158 bits per heavy atom. The van der Waals surface area contributed by atoms with Crippen molar-refractivity contribution < 1.29 is 292 Å². The zero-order chi connectivity index (χ0) is 57.6. The van der Waals surface area contributed by atoms with Crippen molar-refractivity contribution in [3.05, 3.63) is 0 Å². The molecule has 12 fully saturated rings. The van der Waals surface area contributed by atoms with E-state index in [1.807, 2.05) is 39.2 Å². The monoisotopic (exact) mass is 1320 g/mol. The van der Waals surface area contributed by atoms with Gasteiger partial charge in [-0.1, -0.05) is 0 Å². The van der Waals surface area contributed by atoms with Crippen LogP contribution in [-0.2, 0) is 0 Å². The smallest absolute Gasteiger partial charge is 0.127 e. The molecule has 0 aliphatic carbocycles. The summed E-state index contributed by atoms with van der Waals surface area (Å²) in [5.74, 6) is 0. The van der Waals surface area contributed by atoms with Crippen molar-refractivity contribution in [3.63, 3.8) is 0 Å². The molecule has 52 heteroatoms. The molecule has 0 atom stereocenters. The van der Waals surface area contributed by atoms with E-state index in [-0.39, 0.29) is 21.9 Å². The van der Waals surface area contributed by atoms with Crippen LogP contribution >= 0.6 is 0 Å². The van der Waals surface area contributed by atoms with Crippen LogP contribution in [0.1, 0.15) is 0 Å². The molecule has 44 nitrogen and oxygen atoms in total. The molecule has 76 heavy (non-hydrogen) atoms. The minimum absolute atomic E-state index is 0. The Labute approximate surface area is 447 Å². The summed E-state index contributed by atoms with van der Waals surface area (Å²) in [7, 11) is -39.6. The predicted octanol–water partition coefficient (Wildman–Crippen LogP) is -54.2. The van der Waals surface area contributed by atoms with Crippen LogP contribution in [0.25, 0.3) is 0 Å². The van der Waals surface area contributed by atoms with Gasteiger partial charge in [-0.05, 0) is 0 Å². The first-order valence-corrected chi connectivity index (χ1v) is 29.3. The molecule has 0 unspecified atom stereocenters. The van der Waals surface area contributed by atoms with Gasteiger partial charge in [0.2, 0.25) is 0 Å². The average Bonchev–Trinajstić information content (AvgIpc) is 3.17. The summed E-state index contributed by atoms with van der Waals surface area (Å²) >= 11 is 0. The summed E-state index contributed by atoms with van der Waals surface area (Å²) in [5, 5.41) is 0. The zero-order valence-electron chi connectivity index (χ0n) is 39.1. The number of hydrogen-bond acceptors (Lipinski definition) is 32. The molecule has 0 radical (unpaired) electrons. The van der Waals surface area contributed by atoms with Crippen molar-refractivity contribution in [1.29, 1.82) is 0 Å². The molecule has 16 N–H and O–H groups in total. The van der Waals surface area contributed by atoms with E-state index in [9.17, 15) is 0 Å². The molecule has 12 aliphatic rings. The molecule has 0 aromatic carbocycles. The van der Waals surface area contributed by atoms with Gasteiger partial charge in [0, 0.05) is 0 Å². The second-order valence-electron chi connectivity index (χ2n) is 15.0. The van der Waals surface area contributed by atoms with E-state index >= 15 is 0 Å². The third-order valence-electron chi connectivity index (χ3n) is 9.99. The Morgan fingerprint density at radius 2 is 0.145 bits per heavy atom. The van der Waals surface area contributed by atoms with Crippen LogP contribution in [0.15, 0.2) is 0 Å². The third-order valence-corrected chi connectivity index (χ3v) is 9.99. The summed E-state index contributed by atoms with van der Waals surface area (Å²) < 4.78 is 272. The fourth-order valence-electron chi connectivity index (χ4n) is 7.24. The lowest BCUT2D eigenvalue weighted by atomic mass is 10.2. The zero-order valence-corrected chi connectivity index (χ0v) is 45.1. The van der Waals surface area contributed by atoms with Crippen LogP contribution in [0.2, 0.25) is 0 Å². The Bertz CT molecular complexity index is 907. The van der Waals surface area contributed by atoms with E-state index in [4.69, 9.17) is 149 Å². The number of rotatable bonds is 0. The number of piperazine rings is 12. The topological polar surface area (TPSA) is 899 Å². The summed E-state index contributed by atoms with van der Waals surface area (Å²) in [6.07, 6.45) is 0. The molecule has 0 spiro atoms. The maximum Gasteiger partial charge on any atom is 0.127 e. The minimum Gasteiger partial charge on any atom is -0.412 e. The molecule has 12 saturated heterocycles. The highest BCUT2D eigenvalue weighted by Crippen LogP contribution is 1.67. The van der Waals surface area contributed by atoms with Crippen LogP contribution in [0.4, 0.5) is 0 Å². The first-order chi connectivity index (χ1) is 31.8. The highest BCUT2D eigenvalue weighted by molar-refractivity contribution is 4.46. The summed E-state index contributed by atoms with van der Waals surface area (Å²) in [4.78, 5) is 14.8. The van der Waals surface area contributed by atoms with E-state index in [0.717, 1.165) is 0 Å². The predicted molar refractivity (Wildman–Crippen MR) is 139 cm³/mol. The number of hydrogen-bond donors (Lipinski definition) is 8. The number of halogens is 8. The molecule has 0 saturated carbocycles. The fraction of sp³-hybridized carbons (Fsp3) is 1.00. The Morgan fingerprint density at radius 1 is 0.118 bits per heavy atom. The number of quaternary nitrogens is 8. The van der Waals surface area contributed by atoms with Gasteiger partial charge < -0.3 is 61.1 Å². The molecule has 0 aromatic rings. The molecule has 0 amide bonds. The summed E-state index contributed by atoms with van der Waals surface area (Å²) in [5.41, 5.74) is 0. The van der Waals surface area contributed by atoms with Crippen molar-refractivity contribution in [1.82, 2.24) is 0 Å². The van der Waals surface area contributed by atoms with Crippen molar-refractivity contribution in [2.24, 2.45) is 0 Å². The van der Waals surface area contributed by atoms with Crippen LogP contribution < -0.4 is 188 Å². The number of nitrogens with one attached hydrogen (secondary N) is 8. The number of fused-ring (bicyclic) bond motifs is 12. The average molecular weight is 1320 g/mol. The van der Waals surface area contributed by atoms with E-state index < -0.39 is 81.9 Å². The molecule has 12 heterocycles. The van der Waals surface area contributed by atoms with E-state index in [2.05, 4.69) is 0 Å². The lowest BCUT2D eigenvalue weighted by Crippen LogP contribution is -3.35. The lowest BCUT2D eigenvalue weighted by molar-refractivity contribution is -2.00. The van der Waals surface area contributed by atoms with Crippen LogP contribution in [0, 0.1) is 81.9 Å². The quantitative estimate of drug-likeness (QED) is 0.112. The van der Waals surface area contributed by atoms with E-state index in [0.29, 0.717) is 0 Å².